The van der Waals surface area contributed by atoms with Crippen molar-refractivity contribution in [3.8, 4) is 11.3 Å². The molecule has 1 unspecified atom stereocenters. The fourth-order valence-electron chi connectivity index (χ4n) is 5.04. The third-order valence-electron chi connectivity index (χ3n) is 6.85. The van der Waals surface area contributed by atoms with Gasteiger partial charge in [0.15, 0.2) is 0 Å². The van der Waals surface area contributed by atoms with Gasteiger partial charge in [0.2, 0.25) is 0 Å². The lowest BCUT2D eigenvalue weighted by Crippen LogP contribution is -2.57. The summed E-state index contributed by atoms with van der Waals surface area (Å²) >= 11 is 0. The Morgan fingerprint density at radius 1 is 1.00 bits per heavy atom. The predicted molar refractivity (Wildman–Crippen MR) is 124 cm³/mol. The van der Waals surface area contributed by atoms with Gasteiger partial charge >= 0.3 is 0 Å². The zero-order valence-electron chi connectivity index (χ0n) is 18.3. The molecule has 0 spiro atoms. The number of nitrogens with one attached hydrogen (secondary N) is 1. The average Bonchev–Trinajstić information content (AvgIpc) is 3.33. The van der Waals surface area contributed by atoms with Crippen LogP contribution in [0.1, 0.15) is 54.1 Å². The second kappa shape index (κ2) is 8.23. The zero-order chi connectivity index (χ0) is 22.1. The standard InChI is InChI=1S/C27H27N3O2/c1-27(26(32)29-20-12-5-6-13-20)23-16-8-7-14-21(23)24-22(15-9-17-28-24)25(31)30(27)18-19-10-3-2-4-11-19/h2-4,7-11,14-17,20H,5-6,12-13,18H2,1H3,(H,29,32). The number of pyridine rings is 1. The number of carbonyl (C=O) groups excluding carboxylic acids is 2. The molecular weight excluding hydrogens is 398 g/mol. The summed E-state index contributed by atoms with van der Waals surface area (Å²) in [7, 11) is 0. The summed E-state index contributed by atoms with van der Waals surface area (Å²) in [6.07, 6.45) is 5.92. The van der Waals surface area contributed by atoms with Gasteiger partial charge in [-0.25, -0.2) is 0 Å². The maximum atomic E-state index is 14.0. The van der Waals surface area contributed by atoms with Gasteiger partial charge in [0.05, 0.1) is 11.3 Å². The molecule has 1 atom stereocenters. The molecular formula is C27H27N3O2. The Bertz CT molecular complexity index is 1150. The molecule has 2 heterocycles. The number of hydrogen-bond donors (Lipinski definition) is 1. The molecule has 1 aliphatic heterocycles. The third kappa shape index (κ3) is 3.38. The van der Waals surface area contributed by atoms with Gasteiger partial charge in [-0.3, -0.25) is 14.6 Å². The molecule has 1 N–H and O–H groups in total. The van der Waals surface area contributed by atoms with Crippen molar-refractivity contribution in [1.82, 2.24) is 15.2 Å². The van der Waals surface area contributed by atoms with Crippen LogP contribution in [-0.4, -0.2) is 27.7 Å². The van der Waals surface area contributed by atoms with Crippen LogP contribution in [0.4, 0.5) is 0 Å². The van der Waals surface area contributed by atoms with Gasteiger partial charge in [0, 0.05) is 24.3 Å². The minimum absolute atomic E-state index is 0.131. The van der Waals surface area contributed by atoms with Gasteiger partial charge in [-0.15, -0.1) is 0 Å². The van der Waals surface area contributed by atoms with Gasteiger partial charge in [-0.05, 0) is 43.0 Å². The fraction of sp³-hybridized carbons (Fsp3) is 0.296. The van der Waals surface area contributed by atoms with E-state index in [1.54, 1.807) is 23.2 Å². The second-order valence-electron chi connectivity index (χ2n) is 8.85. The molecule has 0 saturated heterocycles. The highest BCUT2D eigenvalue weighted by molar-refractivity contribution is 6.06. The number of fused-ring (bicyclic) bond motifs is 3. The highest BCUT2D eigenvalue weighted by Crippen LogP contribution is 2.42. The van der Waals surface area contributed by atoms with E-state index in [4.69, 9.17) is 0 Å². The van der Waals surface area contributed by atoms with E-state index in [0.29, 0.717) is 17.8 Å². The quantitative estimate of drug-likeness (QED) is 0.660. The summed E-state index contributed by atoms with van der Waals surface area (Å²) < 4.78 is 0. The monoisotopic (exact) mass is 425 g/mol. The van der Waals surface area contributed by atoms with E-state index in [1.807, 2.05) is 61.5 Å². The molecule has 32 heavy (non-hydrogen) atoms. The molecule has 5 rings (SSSR count). The molecule has 1 fully saturated rings. The lowest BCUT2D eigenvalue weighted by atomic mass is 9.85. The zero-order valence-corrected chi connectivity index (χ0v) is 18.3. The summed E-state index contributed by atoms with van der Waals surface area (Å²) in [5.74, 6) is -0.314. The Morgan fingerprint density at radius 2 is 1.69 bits per heavy atom. The Labute approximate surface area is 188 Å². The molecule has 1 aliphatic carbocycles. The lowest BCUT2D eigenvalue weighted by Gasteiger charge is -2.40. The molecule has 5 nitrogen and oxygen atoms in total. The van der Waals surface area contributed by atoms with Gasteiger partial charge in [0.1, 0.15) is 5.54 Å². The highest BCUT2D eigenvalue weighted by atomic mass is 16.2. The van der Waals surface area contributed by atoms with Crippen LogP contribution in [0.15, 0.2) is 72.9 Å². The van der Waals surface area contributed by atoms with E-state index in [2.05, 4.69) is 10.3 Å². The molecule has 2 amide bonds. The number of hydrogen-bond acceptors (Lipinski definition) is 3. The first-order valence-electron chi connectivity index (χ1n) is 11.3. The summed E-state index contributed by atoms with van der Waals surface area (Å²) in [5, 5.41) is 3.27. The number of amides is 2. The van der Waals surface area contributed by atoms with Crippen LogP contribution in [0.25, 0.3) is 11.3 Å². The lowest BCUT2D eigenvalue weighted by molar-refractivity contribution is -0.133. The molecule has 162 valence electrons. The number of nitrogens with zero attached hydrogens (tertiary/aromatic N) is 2. The number of benzene rings is 2. The van der Waals surface area contributed by atoms with Crippen molar-refractivity contribution in [3.05, 3.63) is 89.6 Å². The van der Waals surface area contributed by atoms with Gasteiger partial charge in [0.25, 0.3) is 11.8 Å². The number of carbonyl (C=O) groups is 2. The minimum atomic E-state index is -1.17. The van der Waals surface area contributed by atoms with Crippen molar-refractivity contribution in [3.63, 3.8) is 0 Å². The van der Waals surface area contributed by atoms with Crippen LogP contribution in [0, 0.1) is 0 Å². The summed E-state index contributed by atoms with van der Waals surface area (Å²) in [5.41, 5.74) is 2.59. The van der Waals surface area contributed by atoms with Crippen molar-refractivity contribution < 1.29 is 9.59 Å². The first-order chi connectivity index (χ1) is 15.6. The van der Waals surface area contributed by atoms with E-state index in [0.717, 1.165) is 42.4 Å². The Hall–Kier alpha value is -3.47. The van der Waals surface area contributed by atoms with Crippen molar-refractivity contribution in [2.75, 3.05) is 0 Å². The summed E-state index contributed by atoms with van der Waals surface area (Å²) in [6.45, 7) is 2.21. The SMILES string of the molecule is CC1(C(=O)NC2CCCC2)c2ccccc2-c2ncccc2C(=O)N1Cc1ccccc1. The molecule has 0 bridgehead atoms. The van der Waals surface area contributed by atoms with Crippen LogP contribution in [0.2, 0.25) is 0 Å². The Balaban J connectivity index is 1.69. The molecule has 2 aliphatic rings. The van der Waals surface area contributed by atoms with Crippen LogP contribution in [-0.2, 0) is 16.9 Å². The van der Waals surface area contributed by atoms with Crippen LogP contribution >= 0.6 is 0 Å². The van der Waals surface area contributed by atoms with Crippen molar-refractivity contribution >= 4 is 11.8 Å². The van der Waals surface area contributed by atoms with E-state index in [-0.39, 0.29) is 17.9 Å². The van der Waals surface area contributed by atoms with Crippen LogP contribution in [0.5, 0.6) is 0 Å². The molecule has 1 aromatic heterocycles. The van der Waals surface area contributed by atoms with Gasteiger partial charge in [-0.2, -0.15) is 0 Å². The topological polar surface area (TPSA) is 62.3 Å². The van der Waals surface area contributed by atoms with Crippen molar-refractivity contribution in [1.29, 1.82) is 0 Å². The average molecular weight is 426 g/mol. The molecule has 3 aromatic rings. The second-order valence-corrected chi connectivity index (χ2v) is 8.85. The maximum absolute atomic E-state index is 14.0. The minimum Gasteiger partial charge on any atom is -0.351 e. The Kier molecular flexibility index (Phi) is 5.25. The van der Waals surface area contributed by atoms with Crippen LogP contribution < -0.4 is 5.32 Å². The highest BCUT2D eigenvalue weighted by Gasteiger charge is 2.48. The maximum Gasteiger partial charge on any atom is 0.257 e. The molecule has 5 heteroatoms. The largest absolute Gasteiger partial charge is 0.351 e. The van der Waals surface area contributed by atoms with E-state index in [1.165, 1.54) is 0 Å². The van der Waals surface area contributed by atoms with E-state index >= 15 is 0 Å². The number of rotatable bonds is 4. The number of aromatic nitrogens is 1. The van der Waals surface area contributed by atoms with Gasteiger partial charge in [-0.1, -0.05) is 67.4 Å². The van der Waals surface area contributed by atoms with E-state index < -0.39 is 5.54 Å². The third-order valence-corrected chi connectivity index (χ3v) is 6.85. The molecule has 2 aromatic carbocycles. The van der Waals surface area contributed by atoms with E-state index in [9.17, 15) is 9.59 Å². The summed E-state index contributed by atoms with van der Waals surface area (Å²) in [4.78, 5) is 34.2. The Morgan fingerprint density at radius 3 is 2.47 bits per heavy atom. The summed E-state index contributed by atoms with van der Waals surface area (Å²) in [6, 6.07) is 21.4. The smallest absolute Gasteiger partial charge is 0.257 e. The van der Waals surface area contributed by atoms with Crippen molar-refractivity contribution in [2.45, 2.75) is 50.7 Å². The van der Waals surface area contributed by atoms with Crippen LogP contribution in [0.3, 0.4) is 0 Å². The molecule has 0 radical (unpaired) electrons. The fourth-order valence-corrected chi connectivity index (χ4v) is 5.04. The van der Waals surface area contributed by atoms with Crippen molar-refractivity contribution in [2.24, 2.45) is 0 Å². The first kappa shape index (κ1) is 20.4. The first-order valence-corrected chi connectivity index (χ1v) is 11.3. The van der Waals surface area contributed by atoms with Gasteiger partial charge < -0.3 is 10.2 Å². The predicted octanol–water partition coefficient (Wildman–Crippen LogP) is 4.68. The normalized spacial score (nSPS) is 20.4. The molecule has 1 saturated carbocycles.